The second-order valence-corrected chi connectivity index (χ2v) is 11.5. The fourth-order valence-electron chi connectivity index (χ4n) is 6.95. The molecule has 3 heteroatoms. The Morgan fingerprint density at radius 1 is 0.289 bits per heavy atom. The molecule has 3 nitrogen and oxygen atoms in total. The van der Waals surface area contributed by atoms with Gasteiger partial charge < -0.3 is 14.0 Å². The lowest BCUT2D eigenvalue weighted by molar-refractivity contribution is 1.16. The highest BCUT2D eigenvalue weighted by Gasteiger charge is 2.18. The summed E-state index contributed by atoms with van der Waals surface area (Å²) >= 11 is 0. The van der Waals surface area contributed by atoms with E-state index >= 15 is 0 Å². The van der Waals surface area contributed by atoms with Crippen LogP contribution in [-0.4, -0.2) is 9.13 Å². The highest BCUT2D eigenvalue weighted by molar-refractivity contribution is 6.12. The highest BCUT2D eigenvalue weighted by Crippen LogP contribution is 2.39. The van der Waals surface area contributed by atoms with Crippen molar-refractivity contribution in [2.24, 2.45) is 0 Å². The zero-order valence-corrected chi connectivity index (χ0v) is 24.6. The number of hydrogen-bond acceptors (Lipinski definition) is 1. The van der Waals surface area contributed by atoms with Crippen LogP contribution in [0.1, 0.15) is 0 Å². The van der Waals surface area contributed by atoms with Gasteiger partial charge in [-0.15, -0.1) is 0 Å². The van der Waals surface area contributed by atoms with Gasteiger partial charge in [-0.2, -0.15) is 0 Å². The molecule has 0 aliphatic carbocycles. The monoisotopic (exact) mass is 575 g/mol. The van der Waals surface area contributed by atoms with Crippen LogP contribution in [0.15, 0.2) is 176 Å². The summed E-state index contributed by atoms with van der Waals surface area (Å²) in [6.45, 7) is 0. The van der Waals surface area contributed by atoms with E-state index in [-0.39, 0.29) is 0 Å². The van der Waals surface area contributed by atoms with Gasteiger partial charge in [-0.05, 0) is 78.9 Å². The van der Waals surface area contributed by atoms with E-state index < -0.39 is 0 Å². The molecule has 0 atom stereocenters. The van der Waals surface area contributed by atoms with Gasteiger partial charge in [0.1, 0.15) is 0 Å². The third kappa shape index (κ3) is 4.05. The maximum Gasteiger partial charge on any atom is 0.0542 e. The third-order valence-electron chi connectivity index (χ3n) is 8.87. The SMILES string of the molecule is c1ccc(N(c2ccccc2)c2cccc(-n3c4ccccc4c4cc(-n5c6ccccc6c6ccccc65)ccc43)c2)cc1. The van der Waals surface area contributed by atoms with Crippen molar-refractivity contribution < 1.29 is 0 Å². The minimum Gasteiger partial charge on any atom is -0.310 e. The van der Waals surface area contributed by atoms with Gasteiger partial charge in [0.25, 0.3) is 0 Å². The Balaban J connectivity index is 1.26. The fourth-order valence-corrected chi connectivity index (χ4v) is 6.95. The second kappa shape index (κ2) is 10.3. The molecule has 0 saturated carbocycles. The first kappa shape index (κ1) is 25.4. The molecule has 45 heavy (non-hydrogen) atoms. The quantitative estimate of drug-likeness (QED) is 0.199. The second-order valence-electron chi connectivity index (χ2n) is 11.5. The maximum absolute atomic E-state index is 2.40. The van der Waals surface area contributed by atoms with Crippen LogP contribution in [0.4, 0.5) is 17.1 Å². The van der Waals surface area contributed by atoms with E-state index in [0.29, 0.717) is 0 Å². The summed E-state index contributed by atoms with van der Waals surface area (Å²) in [5, 5.41) is 5.02. The lowest BCUT2D eigenvalue weighted by atomic mass is 10.1. The molecule has 9 rings (SSSR count). The van der Waals surface area contributed by atoms with E-state index in [1.54, 1.807) is 0 Å². The highest BCUT2D eigenvalue weighted by atomic mass is 15.1. The van der Waals surface area contributed by atoms with E-state index in [9.17, 15) is 0 Å². The number of benzene rings is 7. The molecular formula is C42H29N3. The lowest BCUT2D eigenvalue weighted by Crippen LogP contribution is -2.10. The van der Waals surface area contributed by atoms with Crippen LogP contribution >= 0.6 is 0 Å². The van der Waals surface area contributed by atoms with Crippen LogP contribution in [0.2, 0.25) is 0 Å². The number of aromatic nitrogens is 2. The standard InChI is InChI=1S/C42H29N3/c1-3-14-30(15-4-1)43(31-16-5-2-6-17-31)32-18-13-19-33(28-32)44-41-25-12-9-22-37(41)38-29-34(26-27-42(38)44)45-39-23-10-7-20-35(39)36-21-8-11-24-40(36)45/h1-29H. The van der Waals surface area contributed by atoms with Crippen molar-refractivity contribution >= 4 is 60.7 Å². The normalized spacial score (nSPS) is 11.6. The summed E-state index contributed by atoms with van der Waals surface area (Å²) in [7, 11) is 0. The first-order chi connectivity index (χ1) is 22.3. The molecule has 0 spiro atoms. The van der Waals surface area contributed by atoms with Crippen LogP contribution in [0.25, 0.3) is 55.0 Å². The zero-order valence-electron chi connectivity index (χ0n) is 24.6. The largest absolute Gasteiger partial charge is 0.310 e. The van der Waals surface area contributed by atoms with E-state index in [4.69, 9.17) is 0 Å². The minimum absolute atomic E-state index is 1.11. The van der Waals surface area contributed by atoms with E-state index in [2.05, 4.69) is 190 Å². The summed E-state index contributed by atoms with van der Waals surface area (Å²) in [6.07, 6.45) is 0. The molecule has 9 aromatic rings. The maximum atomic E-state index is 2.40. The molecule has 0 unspecified atom stereocenters. The number of fused-ring (bicyclic) bond motifs is 6. The molecule has 0 fully saturated rings. The summed E-state index contributed by atoms with van der Waals surface area (Å²) in [4.78, 5) is 2.32. The molecular weight excluding hydrogens is 546 g/mol. The third-order valence-corrected chi connectivity index (χ3v) is 8.87. The first-order valence-electron chi connectivity index (χ1n) is 15.4. The van der Waals surface area contributed by atoms with Crippen LogP contribution in [0.5, 0.6) is 0 Å². The van der Waals surface area contributed by atoms with Crippen LogP contribution in [0.3, 0.4) is 0 Å². The van der Waals surface area contributed by atoms with Gasteiger partial charge in [-0.25, -0.2) is 0 Å². The van der Waals surface area contributed by atoms with Crippen LogP contribution in [0, 0.1) is 0 Å². The molecule has 0 bridgehead atoms. The molecule has 2 aromatic heterocycles. The van der Waals surface area contributed by atoms with Gasteiger partial charge >= 0.3 is 0 Å². The van der Waals surface area contributed by atoms with Crippen molar-refractivity contribution in [1.82, 2.24) is 9.13 Å². The van der Waals surface area contributed by atoms with Gasteiger partial charge in [0.05, 0.1) is 22.1 Å². The van der Waals surface area contributed by atoms with Crippen molar-refractivity contribution in [3.63, 3.8) is 0 Å². The molecule has 0 saturated heterocycles. The van der Waals surface area contributed by atoms with E-state index in [1.165, 1.54) is 43.6 Å². The van der Waals surface area contributed by atoms with Crippen molar-refractivity contribution in [2.45, 2.75) is 0 Å². The number of para-hydroxylation sites is 5. The number of anilines is 3. The average Bonchev–Trinajstić information content (AvgIpc) is 3.62. The van der Waals surface area contributed by atoms with Crippen molar-refractivity contribution in [3.05, 3.63) is 176 Å². The Hall–Kier alpha value is -6.06. The van der Waals surface area contributed by atoms with Crippen molar-refractivity contribution in [3.8, 4) is 11.4 Å². The Labute approximate surface area is 261 Å². The van der Waals surface area contributed by atoms with Crippen LogP contribution in [-0.2, 0) is 0 Å². The molecule has 212 valence electrons. The van der Waals surface area contributed by atoms with Gasteiger partial charge in [0, 0.05) is 50.0 Å². The topological polar surface area (TPSA) is 13.1 Å². The Morgan fingerprint density at radius 3 is 1.27 bits per heavy atom. The number of nitrogens with zero attached hydrogens (tertiary/aromatic N) is 3. The van der Waals surface area contributed by atoms with Gasteiger partial charge in [-0.1, -0.05) is 97.1 Å². The predicted octanol–water partition coefficient (Wildman–Crippen LogP) is 11.4. The smallest absolute Gasteiger partial charge is 0.0542 e. The molecule has 7 aromatic carbocycles. The Morgan fingerprint density at radius 2 is 0.711 bits per heavy atom. The van der Waals surface area contributed by atoms with E-state index in [1.807, 2.05) is 0 Å². The fraction of sp³-hybridized carbons (Fsp3) is 0. The molecule has 2 heterocycles. The van der Waals surface area contributed by atoms with Crippen LogP contribution < -0.4 is 4.90 Å². The summed E-state index contributed by atoms with van der Waals surface area (Å²) in [5.74, 6) is 0. The molecule has 0 N–H and O–H groups in total. The van der Waals surface area contributed by atoms with Crippen molar-refractivity contribution in [2.75, 3.05) is 4.90 Å². The van der Waals surface area contributed by atoms with Gasteiger partial charge in [-0.3, -0.25) is 0 Å². The Kier molecular flexibility index (Phi) is 5.82. The lowest BCUT2D eigenvalue weighted by Gasteiger charge is -2.26. The summed E-state index contributed by atoms with van der Waals surface area (Å²) in [5.41, 5.74) is 10.5. The van der Waals surface area contributed by atoms with Gasteiger partial charge in [0.15, 0.2) is 0 Å². The molecule has 0 radical (unpaired) electrons. The van der Waals surface area contributed by atoms with Gasteiger partial charge in [0.2, 0.25) is 0 Å². The zero-order chi connectivity index (χ0) is 29.7. The summed E-state index contributed by atoms with van der Waals surface area (Å²) < 4.78 is 4.80. The molecule has 0 aliphatic rings. The number of rotatable bonds is 5. The molecule has 0 aliphatic heterocycles. The summed E-state index contributed by atoms with van der Waals surface area (Å²) in [6, 6.07) is 63.1. The number of hydrogen-bond donors (Lipinski definition) is 0. The minimum atomic E-state index is 1.11. The Bertz CT molecular complexity index is 2390. The van der Waals surface area contributed by atoms with E-state index in [0.717, 1.165) is 28.4 Å². The average molecular weight is 576 g/mol. The first-order valence-corrected chi connectivity index (χ1v) is 15.4. The predicted molar refractivity (Wildman–Crippen MR) is 190 cm³/mol. The molecule has 0 amide bonds. The van der Waals surface area contributed by atoms with Crippen molar-refractivity contribution in [1.29, 1.82) is 0 Å².